The molecule has 0 spiro atoms. The van der Waals surface area contributed by atoms with Crippen molar-refractivity contribution in [1.29, 1.82) is 0 Å². The zero-order valence-corrected chi connectivity index (χ0v) is 17.2. The highest BCUT2D eigenvalue weighted by molar-refractivity contribution is 5.98. The van der Waals surface area contributed by atoms with E-state index in [1.165, 1.54) is 10.9 Å². The Morgan fingerprint density at radius 3 is 2.47 bits per heavy atom. The van der Waals surface area contributed by atoms with Gasteiger partial charge in [0.05, 0.1) is 13.0 Å². The van der Waals surface area contributed by atoms with Crippen LogP contribution >= 0.6 is 0 Å². The molecule has 2 heterocycles. The van der Waals surface area contributed by atoms with Gasteiger partial charge in [0.2, 0.25) is 0 Å². The summed E-state index contributed by atoms with van der Waals surface area (Å²) in [6.45, 7) is 3.54. The summed E-state index contributed by atoms with van der Waals surface area (Å²) in [5.74, 6) is -0.509. The maximum atomic E-state index is 12.9. The molecule has 1 aliphatic heterocycles. The van der Waals surface area contributed by atoms with Crippen molar-refractivity contribution in [2.24, 2.45) is 5.92 Å². The van der Waals surface area contributed by atoms with Crippen LogP contribution in [0.25, 0.3) is 22.0 Å². The van der Waals surface area contributed by atoms with Gasteiger partial charge >= 0.3 is 6.18 Å². The van der Waals surface area contributed by atoms with Gasteiger partial charge in [-0.3, -0.25) is 9.88 Å². The van der Waals surface area contributed by atoms with Crippen LogP contribution in [-0.4, -0.2) is 36.3 Å². The van der Waals surface area contributed by atoms with Gasteiger partial charge in [-0.1, -0.05) is 36.4 Å². The number of likely N-dealkylation sites (tertiary alicyclic amines) is 1. The molecule has 0 N–H and O–H groups in total. The SMILES string of the molecule is COc1cc(CN2CCC(C(F)(F)F)CC2)cnc1-c1cccc2c(C)cccc12. The van der Waals surface area contributed by atoms with Crippen molar-refractivity contribution in [1.82, 2.24) is 9.88 Å². The Bertz CT molecular complexity index is 1040. The third-order valence-corrected chi connectivity index (χ3v) is 5.98. The minimum atomic E-state index is -4.09. The fourth-order valence-corrected chi connectivity index (χ4v) is 4.28. The number of aromatic nitrogens is 1. The predicted molar refractivity (Wildman–Crippen MR) is 113 cm³/mol. The van der Waals surface area contributed by atoms with E-state index in [0.29, 0.717) is 25.4 Å². The van der Waals surface area contributed by atoms with Crippen LogP contribution in [0.5, 0.6) is 5.75 Å². The fourth-order valence-electron chi connectivity index (χ4n) is 4.28. The molecule has 1 aliphatic rings. The van der Waals surface area contributed by atoms with Gasteiger partial charge in [0.1, 0.15) is 11.4 Å². The van der Waals surface area contributed by atoms with Crippen LogP contribution in [0.4, 0.5) is 13.2 Å². The van der Waals surface area contributed by atoms with Gasteiger partial charge in [-0.2, -0.15) is 13.2 Å². The van der Waals surface area contributed by atoms with Crippen molar-refractivity contribution >= 4 is 10.8 Å². The summed E-state index contributed by atoms with van der Waals surface area (Å²) >= 11 is 0. The van der Waals surface area contributed by atoms with E-state index in [9.17, 15) is 13.2 Å². The first-order chi connectivity index (χ1) is 14.4. The number of aryl methyl sites for hydroxylation is 1. The van der Waals surface area contributed by atoms with Crippen LogP contribution in [-0.2, 0) is 6.54 Å². The normalized spacial score (nSPS) is 16.2. The molecule has 0 amide bonds. The summed E-state index contributed by atoms with van der Waals surface area (Å²) in [5, 5.41) is 2.29. The van der Waals surface area contributed by atoms with Crippen LogP contribution in [0.15, 0.2) is 48.7 Å². The molecule has 0 saturated carbocycles. The molecule has 0 unspecified atom stereocenters. The van der Waals surface area contributed by atoms with Crippen LogP contribution < -0.4 is 4.74 Å². The average molecular weight is 414 g/mol. The molecule has 0 bridgehead atoms. The molecule has 1 saturated heterocycles. The first-order valence-corrected chi connectivity index (χ1v) is 10.2. The van der Waals surface area contributed by atoms with E-state index in [2.05, 4.69) is 35.0 Å². The average Bonchev–Trinajstić information content (AvgIpc) is 2.73. The summed E-state index contributed by atoms with van der Waals surface area (Å²) < 4.78 is 44.3. The van der Waals surface area contributed by atoms with E-state index in [0.717, 1.165) is 22.2 Å². The number of nitrogens with zero attached hydrogens (tertiary/aromatic N) is 2. The lowest BCUT2D eigenvalue weighted by Gasteiger charge is -2.32. The minimum Gasteiger partial charge on any atom is -0.494 e. The summed E-state index contributed by atoms with van der Waals surface area (Å²) in [7, 11) is 1.62. The number of ether oxygens (including phenoxy) is 1. The molecule has 0 aliphatic carbocycles. The predicted octanol–water partition coefficient (Wildman–Crippen LogP) is 5.99. The molecule has 0 radical (unpaired) electrons. The van der Waals surface area contributed by atoms with Crippen molar-refractivity contribution in [2.45, 2.75) is 32.5 Å². The Kier molecular flexibility index (Phi) is 5.69. The van der Waals surface area contributed by atoms with E-state index < -0.39 is 12.1 Å². The number of alkyl halides is 3. The second-order valence-corrected chi connectivity index (χ2v) is 7.96. The minimum absolute atomic E-state index is 0.154. The second-order valence-electron chi connectivity index (χ2n) is 7.96. The number of piperidine rings is 1. The molecule has 0 atom stereocenters. The maximum Gasteiger partial charge on any atom is 0.391 e. The first kappa shape index (κ1) is 20.7. The standard InChI is InChI=1S/C24H25F3N2O/c1-16-5-3-7-20-19(16)6-4-8-21(20)23-22(30-2)13-17(14-28-23)15-29-11-9-18(10-12-29)24(25,26)27/h3-8,13-14,18H,9-12,15H2,1-2H3. The van der Waals surface area contributed by atoms with Crippen LogP contribution in [0.2, 0.25) is 0 Å². The smallest absolute Gasteiger partial charge is 0.391 e. The highest BCUT2D eigenvalue weighted by Gasteiger charge is 2.40. The van der Waals surface area contributed by atoms with Crippen molar-refractivity contribution < 1.29 is 17.9 Å². The quantitative estimate of drug-likeness (QED) is 0.524. The van der Waals surface area contributed by atoms with Gasteiger partial charge in [-0.25, -0.2) is 0 Å². The molecule has 2 aromatic carbocycles. The third-order valence-electron chi connectivity index (χ3n) is 5.98. The number of hydrogen-bond donors (Lipinski definition) is 0. The number of pyridine rings is 1. The number of rotatable bonds is 4. The second kappa shape index (κ2) is 8.26. The number of hydrogen-bond acceptors (Lipinski definition) is 3. The Balaban J connectivity index is 1.57. The largest absolute Gasteiger partial charge is 0.494 e. The molecule has 1 fully saturated rings. The maximum absolute atomic E-state index is 12.9. The Morgan fingerprint density at radius 1 is 1.07 bits per heavy atom. The van der Waals surface area contributed by atoms with Gasteiger partial charge in [0, 0.05) is 18.3 Å². The number of benzene rings is 2. The van der Waals surface area contributed by atoms with Crippen molar-refractivity contribution in [3.63, 3.8) is 0 Å². The van der Waals surface area contributed by atoms with Crippen molar-refractivity contribution in [3.05, 3.63) is 59.8 Å². The molecule has 1 aromatic heterocycles. The van der Waals surface area contributed by atoms with Gasteiger partial charge in [-0.05, 0) is 60.8 Å². The van der Waals surface area contributed by atoms with Crippen molar-refractivity contribution in [3.8, 4) is 17.0 Å². The molecule has 30 heavy (non-hydrogen) atoms. The van der Waals surface area contributed by atoms with Crippen LogP contribution in [0.1, 0.15) is 24.0 Å². The number of halogens is 3. The summed E-state index contributed by atoms with van der Waals surface area (Å²) in [6.07, 6.45) is -1.97. The zero-order chi connectivity index (χ0) is 21.3. The number of methoxy groups -OCH3 is 1. The number of fused-ring (bicyclic) bond motifs is 1. The molecule has 3 aromatic rings. The highest BCUT2D eigenvalue weighted by atomic mass is 19.4. The van der Waals surface area contributed by atoms with Crippen LogP contribution in [0, 0.1) is 12.8 Å². The van der Waals surface area contributed by atoms with E-state index in [1.807, 2.05) is 30.5 Å². The lowest BCUT2D eigenvalue weighted by Crippen LogP contribution is -2.38. The van der Waals surface area contributed by atoms with Crippen LogP contribution in [0.3, 0.4) is 0 Å². The Labute approximate surface area is 174 Å². The molecular weight excluding hydrogens is 389 g/mol. The topological polar surface area (TPSA) is 25.4 Å². The van der Waals surface area contributed by atoms with Gasteiger partial charge in [0.25, 0.3) is 0 Å². The van der Waals surface area contributed by atoms with Gasteiger partial charge in [-0.15, -0.1) is 0 Å². The van der Waals surface area contributed by atoms with Gasteiger partial charge in [0.15, 0.2) is 0 Å². The molecular formula is C24H25F3N2O. The lowest BCUT2D eigenvalue weighted by molar-refractivity contribution is -0.185. The molecule has 3 nitrogen and oxygen atoms in total. The summed E-state index contributed by atoms with van der Waals surface area (Å²) in [4.78, 5) is 6.74. The third kappa shape index (κ3) is 4.15. The zero-order valence-electron chi connectivity index (χ0n) is 17.2. The monoisotopic (exact) mass is 414 g/mol. The van der Waals surface area contributed by atoms with E-state index in [-0.39, 0.29) is 12.8 Å². The summed E-state index contributed by atoms with van der Waals surface area (Å²) in [6, 6.07) is 14.3. The molecule has 6 heteroatoms. The van der Waals surface area contributed by atoms with E-state index >= 15 is 0 Å². The Hall–Kier alpha value is -2.60. The summed E-state index contributed by atoms with van der Waals surface area (Å²) in [5.41, 5.74) is 3.92. The van der Waals surface area contributed by atoms with E-state index in [4.69, 9.17) is 4.74 Å². The Morgan fingerprint density at radius 2 is 1.77 bits per heavy atom. The van der Waals surface area contributed by atoms with Gasteiger partial charge < -0.3 is 4.74 Å². The first-order valence-electron chi connectivity index (χ1n) is 10.2. The lowest BCUT2D eigenvalue weighted by atomic mass is 9.96. The molecule has 158 valence electrons. The highest BCUT2D eigenvalue weighted by Crippen LogP contribution is 2.36. The molecule has 4 rings (SSSR count). The fraction of sp³-hybridized carbons (Fsp3) is 0.375. The van der Waals surface area contributed by atoms with Crippen molar-refractivity contribution in [2.75, 3.05) is 20.2 Å². The van der Waals surface area contributed by atoms with E-state index in [1.54, 1.807) is 7.11 Å².